The second-order valence-electron chi connectivity index (χ2n) is 4.31. The zero-order valence-electron chi connectivity index (χ0n) is 9.34. The first-order valence-corrected chi connectivity index (χ1v) is 5.59. The number of carbonyl (C=O) groups is 1. The van der Waals surface area contributed by atoms with Gasteiger partial charge in [-0.2, -0.15) is 0 Å². The molecule has 0 spiro atoms. The van der Waals surface area contributed by atoms with E-state index < -0.39 is 5.60 Å². The Morgan fingerprint density at radius 1 is 1.56 bits per heavy atom. The molecule has 2 rings (SSSR count). The Kier molecular flexibility index (Phi) is 2.91. The van der Waals surface area contributed by atoms with Crippen LogP contribution in [-0.2, 0) is 11.2 Å². The van der Waals surface area contributed by atoms with Gasteiger partial charge in [0.05, 0.1) is 5.56 Å². The number of hydrogen-bond donors (Lipinski definition) is 1. The number of esters is 1. The van der Waals surface area contributed by atoms with E-state index in [1.54, 1.807) is 18.2 Å². The molecule has 1 heterocycles. The van der Waals surface area contributed by atoms with Crippen LogP contribution in [0, 0.1) is 0 Å². The number of fused-ring (bicyclic) bond motifs is 1. The molecule has 1 unspecified atom stereocenters. The first kappa shape index (κ1) is 11.4. The molecule has 0 bridgehead atoms. The molecule has 1 aliphatic heterocycles. The molecule has 1 aliphatic rings. The van der Waals surface area contributed by atoms with E-state index in [1.165, 1.54) is 0 Å². The van der Waals surface area contributed by atoms with Crippen molar-refractivity contribution < 1.29 is 9.53 Å². The van der Waals surface area contributed by atoms with Crippen LogP contribution in [0.3, 0.4) is 0 Å². The van der Waals surface area contributed by atoms with Crippen LogP contribution in [0.4, 0.5) is 0 Å². The summed E-state index contributed by atoms with van der Waals surface area (Å²) in [6.07, 6.45) is 0.647. The van der Waals surface area contributed by atoms with Crippen LogP contribution in [0.5, 0.6) is 0 Å². The van der Waals surface area contributed by atoms with Gasteiger partial charge in [0.2, 0.25) is 0 Å². The summed E-state index contributed by atoms with van der Waals surface area (Å²) in [6.45, 7) is 2.52. The molecule has 1 N–H and O–H groups in total. The monoisotopic (exact) mass is 239 g/mol. The van der Waals surface area contributed by atoms with E-state index in [2.05, 4.69) is 5.32 Å². The van der Waals surface area contributed by atoms with Crippen molar-refractivity contribution in [2.24, 2.45) is 0 Å². The van der Waals surface area contributed by atoms with Crippen molar-refractivity contribution >= 4 is 17.6 Å². The molecule has 4 heteroatoms. The molecular weight excluding hydrogens is 226 g/mol. The fourth-order valence-corrected chi connectivity index (χ4v) is 2.33. The molecular formula is C12H14ClNO2. The van der Waals surface area contributed by atoms with Gasteiger partial charge in [0.1, 0.15) is 5.60 Å². The van der Waals surface area contributed by atoms with E-state index in [4.69, 9.17) is 16.3 Å². The van der Waals surface area contributed by atoms with E-state index in [1.807, 2.05) is 14.0 Å². The number of rotatable bonds is 2. The Hall–Kier alpha value is -1.06. The van der Waals surface area contributed by atoms with E-state index in [0.717, 1.165) is 5.56 Å². The molecule has 1 aromatic carbocycles. The maximum atomic E-state index is 11.8. The molecule has 3 nitrogen and oxygen atoms in total. The summed E-state index contributed by atoms with van der Waals surface area (Å²) in [4.78, 5) is 11.8. The van der Waals surface area contributed by atoms with Gasteiger partial charge in [-0.25, -0.2) is 4.79 Å². The molecule has 1 atom stereocenters. The van der Waals surface area contributed by atoms with E-state index in [0.29, 0.717) is 23.6 Å². The van der Waals surface area contributed by atoms with Gasteiger partial charge in [0.25, 0.3) is 0 Å². The smallest absolute Gasteiger partial charge is 0.339 e. The molecule has 0 saturated carbocycles. The topological polar surface area (TPSA) is 38.3 Å². The van der Waals surface area contributed by atoms with Gasteiger partial charge < -0.3 is 10.1 Å². The summed E-state index contributed by atoms with van der Waals surface area (Å²) in [5, 5.41) is 3.66. The summed E-state index contributed by atoms with van der Waals surface area (Å²) in [5.41, 5.74) is 0.961. The third kappa shape index (κ3) is 1.93. The van der Waals surface area contributed by atoms with Crippen molar-refractivity contribution in [3.63, 3.8) is 0 Å². The Morgan fingerprint density at radius 2 is 2.31 bits per heavy atom. The van der Waals surface area contributed by atoms with Gasteiger partial charge in [-0.05, 0) is 31.7 Å². The zero-order chi connectivity index (χ0) is 11.8. The molecule has 86 valence electrons. The van der Waals surface area contributed by atoms with E-state index >= 15 is 0 Å². The Labute approximate surface area is 99.7 Å². The average Bonchev–Trinajstić information content (AvgIpc) is 2.20. The first-order chi connectivity index (χ1) is 7.56. The van der Waals surface area contributed by atoms with Gasteiger partial charge in [-0.15, -0.1) is 0 Å². The molecule has 0 radical (unpaired) electrons. The lowest BCUT2D eigenvalue weighted by molar-refractivity contribution is -0.0139. The lowest BCUT2D eigenvalue weighted by atomic mass is 9.90. The number of hydrogen-bond acceptors (Lipinski definition) is 3. The second kappa shape index (κ2) is 4.07. The van der Waals surface area contributed by atoms with Crippen molar-refractivity contribution in [2.75, 3.05) is 13.6 Å². The third-order valence-corrected chi connectivity index (χ3v) is 3.13. The van der Waals surface area contributed by atoms with E-state index in [-0.39, 0.29) is 5.97 Å². The highest BCUT2D eigenvalue weighted by Crippen LogP contribution is 2.32. The lowest BCUT2D eigenvalue weighted by Gasteiger charge is -2.34. The molecule has 0 aromatic heterocycles. The number of cyclic esters (lactones) is 1. The average molecular weight is 240 g/mol. The normalized spacial score (nSPS) is 23.8. The summed E-state index contributed by atoms with van der Waals surface area (Å²) < 4.78 is 5.44. The summed E-state index contributed by atoms with van der Waals surface area (Å²) in [6, 6.07) is 5.32. The quantitative estimate of drug-likeness (QED) is 0.803. The predicted molar refractivity (Wildman–Crippen MR) is 62.9 cm³/mol. The fourth-order valence-electron chi connectivity index (χ4n) is 2.09. The van der Waals surface area contributed by atoms with Crippen molar-refractivity contribution in [3.05, 3.63) is 34.3 Å². The van der Waals surface area contributed by atoms with Gasteiger partial charge in [-0.3, -0.25) is 0 Å². The van der Waals surface area contributed by atoms with Crippen LogP contribution in [0.2, 0.25) is 5.02 Å². The predicted octanol–water partition coefficient (Wildman–Crippen LogP) is 2.03. The van der Waals surface area contributed by atoms with Crippen molar-refractivity contribution in [1.29, 1.82) is 0 Å². The molecule has 16 heavy (non-hydrogen) atoms. The molecule has 0 amide bonds. The van der Waals surface area contributed by atoms with Crippen LogP contribution in [0.25, 0.3) is 0 Å². The van der Waals surface area contributed by atoms with Gasteiger partial charge >= 0.3 is 5.97 Å². The fraction of sp³-hybridized carbons (Fsp3) is 0.417. The van der Waals surface area contributed by atoms with Gasteiger partial charge in [0, 0.05) is 18.0 Å². The van der Waals surface area contributed by atoms with Crippen molar-refractivity contribution in [2.45, 2.75) is 18.9 Å². The van der Waals surface area contributed by atoms with Crippen LogP contribution in [0.1, 0.15) is 22.8 Å². The standard InChI is InChI=1S/C12H14ClNO2/c1-12(7-14-2)6-9-8(11(15)16-12)4-3-5-10(9)13/h3-5,14H,6-7H2,1-2H3. The maximum Gasteiger partial charge on any atom is 0.339 e. The molecule has 0 saturated heterocycles. The van der Waals surface area contributed by atoms with Crippen molar-refractivity contribution in [1.82, 2.24) is 5.32 Å². The SMILES string of the molecule is CNCC1(C)Cc2c(Cl)cccc2C(=O)O1. The Balaban J connectivity index is 2.42. The summed E-state index contributed by atoms with van der Waals surface area (Å²) in [7, 11) is 1.83. The number of carbonyl (C=O) groups excluding carboxylic acids is 1. The summed E-state index contributed by atoms with van der Waals surface area (Å²) in [5.74, 6) is -0.290. The second-order valence-corrected chi connectivity index (χ2v) is 4.72. The first-order valence-electron chi connectivity index (χ1n) is 5.21. The number of nitrogens with one attached hydrogen (secondary N) is 1. The Bertz CT molecular complexity index is 433. The highest BCUT2D eigenvalue weighted by molar-refractivity contribution is 6.31. The number of ether oxygens (including phenoxy) is 1. The summed E-state index contributed by atoms with van der Waals surface area (Å²) >= 11 is 6.11. The molecule has 0 aliphatic carbocycles. The number of likely N-dealkylation sites (N-methyl/N-ethyl adjacent to an activating group) is 1. The third-order valence-electron chi connectivity index (χ3n) is 2.78. The largest absolute Gasteiger partial charge is 0.454 e. The minimum absolute atomic E-state index is 0.290. The molecule has 0 fully saturated rings. The highest BCUT2D eigenvalue weighted by Gasteiger charge is 2.36. The maximum absolute atomic E-state index is 11.8. The van der Waals surface area contributed by atoms with Gasteiger partial charge in [-0.1, -0.05) is 17.7 Å². The van der Waals surface area contributed by atoms with Crippen LogP contribution in [-0.4, -0.2) is 25.2 Å². The molecule has 1 aromatic rings. The van der Waals surface area contributed by atoms with Gasteiger partial charge in [0.15, 0.2) is 0 Å². The van der Waals surface area contributed by atoms with Crippen LogP contribution < -0.4 is 5.32 Å². The zero-order valence-corrected chi connectivity index (χ0v) is 10.1. The highest BCUT2D eigenvalue weighted by atomic mass is 35.5. The lowest BCUT2D eigenvalue weighted by Crippen LogP contribution is -2.46. The Morgan fingerprint density at radius 3 is 3.00 bits per heavy atom. The van der Waals surface area contributed by atoms with Crippen molar-refractivity contribution in [3.8, 4) is 0 Å². The van der Waals surface area contributed by atoms with Crippen LogP contribution >= 0.6 is 11.6 Å². The number of benzene rings is 1. The minimum Gasteiger partial charge on any atom is -0.454 e. The van der Waals surface area contributed by atoms with Crippen LogP contribution in [0.15, 0.2) is 18.2 Å². The number of halogens is 1. The van der Waals surface area contributed by atoms with E-state index in [9.17, 15) is 4.79 Å². The minimum atomic E-state index is -0.510.